The van der Waals surface area contributed by atoms with Gasteiger partial charge in [0.1, 0.15) is 6.04 Å². The first-order valence-electron chi connectivity index (χ1n) is 6.21. The van der Waals surface area contributed by atoms with Gasteiger partial charge in [0.2, 0.25) is 15.9 Å². The van der Waals surface area contributed by atoms with Crippen LogP contribution in [0.5, 0.6) is 0 Å². The topological polar surface area (TPSA) is 66.5 Å². The van der Waals surface area contributed by atoms with E-state index in [0.717, 1.165) is 25.7 Å². The van der Waals surface area contributed by atoms with E-state index in [1.54, 1.807) is 0 Å². The molecule has 0 aromatic heterocycles. The first kappa shape index (κ1) is 14.4. The number of carbonyl (C=O) groups is 1. The number of amides is 1. The molecule has 1 atom stereocenters. The molecule has 1 N–H and O–H groups in total. The van der Waals surface area contributed by atoms with Crippen molar-refractivity contribution in [2.45, 2.75) is 45.1 Å². The molecular formula is C11H22N2O3S. The lowest BCUT2D eigenvalue weighted by atomic mass is 10.0. The molecule has 1 amide bonds. The molecule has 1 fully saturated rings. The largest absolute Gasteiger partial charge is 0.355 e. The van der Waals surface area contributed by atoms with Crippen molar-refractivity contribution in [3.05, 3.63) is 0 Å². The number of hydrogen-bond donors (Lipinski definition) is 1. The third-order valence-electron chi connectivity index (χ3n) is 3.01. The molecule has 0 bridgehead atoms. The van der Waals surface area contributed by atoms with Gasteiger partial charge in [0.05, 0.1) is 6.26 Å². The molecule has 0 unspecified atom stereocenters. The molecule has 5 nitrogen and oxygen atoms in total. The standard InChI is InChI=1S/C11H22N2O3S/c1-3-4-8-12-11(14)10-7-5-6-9-13(10)17(2,15)16/h10H,3-9H2,1-2H3,(H,12,14)/t10-/m0/s1. The molecule has 0 spiro atoms. The maximum Gasteiger partial charge on any atom is 0.238 e. The SMILES string of the molecule is CCCCNC(=O)[C@@H]1CCCCN1S(C)(=O)=O. The van der Waals surface area contributed by atoms with E-state index in [9.17, 15) is 13.2 Å². The van der Waals surface area contributed by atoms with Crippen molar-refractivity contribution < 1.29 is 13.2 Å². The zero-order valence-electron chi connectivity index (χ0n) is 10.6. The van der Waals surface area contributed by atoms with Crippen molar-refractivity contribution in [3.8, 4) is 0 Å². The summed E-state index contributed by atoms with van der Waals surface area (Å²) in [5, 5.41) is 2.81. The van der Waals surface area contributed by atoms with Crippen molar-refractivity contribution in [2.75, 3.05) is 19.3 Å². The molecule has 0 aliphatic carbocycles. The fraction of sp³-hybridized carbons (Fsp3) is 0.909. The Morgan fingerprint density at radius 2 is 2.12 bits per heavy atom. The predicted octanol–water partition coefficient (Wildman–Crippen LogP) is 0.717. The summed E-state index contributed by atoms with van der Waals surface area (Å²) in [7, 11) is -3.28. The van der Waals surface area contributed by atoms with Gasteiger partial charge in [0, 0.05) is 13.1 Å². The first-order valence-corrected chi connectivity index (χ1v) is 8.06. The Balaban J connectivity index is 2.62. The van der Waals surface area contributed by atoms with Crippen LogP contribution in [0.1, 0.15) is 39.0 Å². The molecule has 0 radical (unpaired) electrons. The fourth-order valence-corrected chi connectivity index (χ4v) is 3.19. The first-order chi connectivity index (χ1) is 7.96. The average Bonchev–Trinajstić information content (AvgIpc) is 2.28. The highest BCUT2D eigenvalue weighted by Gasteiger charge is 2.33. The van der Waals surface area contributed by atoms with E-state index in [2.05, 4.69) is 12.2 Å². The molecule has 1 saturated heterocycles. The zero-order chi connectivity index (χ0) is 12.9. The van der Waals surface area contributed by atoms with E-state index >= 15 is 0 Å². The lowest BCUT2D eigenvalue weighted by Crippen LogP contribution is -2.51. The Labute approximate surface area is 104 Å². The van der Waals surface area contributed by atoms with Gasteiger partial charge in [-0.05, 0) is 19.3 Å². The second-order valence-electron chi connectivity index (χ2n) is 4.53. The average molecular weight is 262 g/mol. The second kappa shape index (κ2) is 6.35. The normalized spacial score (nSPS) is 22.4. The van der Waals surface area contributed by atoms with Gasteiger partial charge in [-0.25, -0.2) is 8.42 Å². The molecular weight excluding hydrogens is 240 g/mol. The Bertz CT molecular complexity index is 354. The van der Waals surface area contributed by atoms with E-state index in [4.69, 9.17) is 0 Å². The van der Waals surface area contributed by atoms with E-state index in [-0.39, 0.29) is 5.91 Å². The maximum atomic E-state index is 11.9. The lowest BCUT2D eigenvalue weighted by Gasteiger charge is -2.32. The summed E-state index contributed by atoms with van der Waals surface area (Å²) < 4.78 is 24.5. The molecule has 6 heteroatoms. The van der Waals surface area contributed by atoms with Gasteiger partial charge >= 0.3 is 0 Å². The molecule has 17 heavy (non-hydrogen) atoms. The Morgan fingerprint density at radius 1 is 1.41 bits per heavy atom. The minimum absolute atomic E-state index is 0.149. The number of nitrogens with one attached hydrogen (secondary N) is 1. The van der Waals surface area contributed by atoms with Crippen LogP contribution in [0.25, 0.3) is 0 Å². The molecule has 1 aliphatic rings. The van der Waals surface area contributed by atoms with E-state index in [1.807, 2.05) is 0 Å². The molecule has 1 heterocycles. The number of carbonyl (C=O) groups excluding carboxylic acids is 1. The van der Waals surface area contributed by atoms with Crippen molar-refractivity contribution in [1.82, 2.24) is 9.62 Å². The number of hydrogen-bond acceptors (Lipinski definition) is 3. The van der Waals surface area contributed by atoms with Crippen molar-refractivity contribution in [3.63, 3.8) is 0 Å². The molecule has 1 aliphatic heterocycles. The van der Waals surface area contributed by atoms with Gasteiger partial charge in [-0.15, -0.1) is 0 Å². The van der Waals surface area contributed by atoms with Crippen LogP contribution >= 0.6 is 0 Å². The quantitative estimate of drug-likeness (QED) is 0.742. The molecule has 0 saturated carbocycles. The summed E-state index contributed by atoms with van der Waals surface area (Å²) in [6, 6.07) is -0.504. The Kier molecular flexibility index (Phi) is 5.39. The highest BCUT2D eigenvalue weighted by Crippen LogP contribution is 2.19. The van der Waals surface area contributed by atoms with Crippen molar-refractivity contribution in [2.24, 2.45) is 0 Å². The highest BCUT2D eigenvalue weighted by atomic mass is 32.2. The van der Waals surface area contributed by atoms with Gasteiger partial charge in [-0.1, -0.05) is 19.8 Å². The minimum atomic E-state index is -3.28. The van der Waals surface area contributed by atoms with Gasteiger partial charge in [-0.3, -0.25) is 4.79 Å². The van der Waals surface area contributed by atoms with Gasteiger partial charge in [0.15, 0.2) is 0 Å². The number of piperidine rings is 1. The molecule has 100 valence electrons. The number of sulfonamides is 1. The summed E-state index contributed by atoms with van der Waals surface area (Å²) in [5.74, 6) is -0.149. The van der Waals surface area contributed by atoms with Crippen LogP contribution in [0.2, 0.25) is 0 Å². The van der Waals surface area contributed by atoms with Crippen LogP contribution in [0.4, 0.5) is 0 Å². The van der Waals surface area contributed by atoms with E-state index in [1.165, 1.54) is 10.6 Å². The zero-order valence-corrected chi connectivity index (χ0v) is 11.4. The highest BCUT2D eigenvalue weighted by molar-refractivity contribution is 7.88. The lowest BCUT2D eigenvalue weighted by molar-refractivity contribution is -0.125. The monoisotopic (exact) mass is 262 g/mol. The third kappa shape index (κ3) is 4.27. The van der Waals surface area contributed by atoms with Gasteiger partial charge < -0.3 is 5.32 Å². The van der Waals surface area contributed by atoms with Crippen LogP contribution in [-0.4, -0.2) is 44.0 Å². The maximum absolute atomic E-state index is 11.9. The third-order valence-corrected chi connectivity index (χ3v) is 4.30. The summed E-state index contributed by atoms with van der Waals surface area (Å²) >= 11 is 0. The van der Waals surface area contributed by atoms with Gasteiger partial charge in [0.25, 0.3) is 0 Å². The summed E-state index contributed by atoms with van der Waals surface area (Å²) in [6.07, 6.45) is 5.50. The summed E-state index contributed by atoms with van der Waals surface area (Å²) in [4.78, 5) is 11.9. The molecule has 0 aromatic carbocycles. The summed E-state index contributed by atoms with van der Waals surface area (Å²) in [5.41, 5.74) is 0. The number of unbranched alkanes of at least 4 members (excludes halogenated alkanes) is 1. The second-order valence-corrected chi connectivity index (χ2v) is 6.46. The van der Waals surface area contributed by atoms with E-state index in [0.29, 0.717) is 19.5 Å². The predicted molar refractivity (Wildman–Crippen MR) is 67.1 cm³/mol. The van der Waals surface area contributed by atoms with Crippen LogP contribution in [0.3, 0.4) is 0 Å². The van der Waals surface area contributed by atoms with E-state index < -0.39 is 16.1 Å². The van der Waals surface area contributed by atoms with Gasteiger partial charge in [-0.2, -0.15) is 4.31 Å². The summed E-state index contributed by atoms with van der Waals surface area (Å²) in [6.45, 7) is 3.14. The van der Waals surface area contributed by atoms with Crippen molar-refractivity contribution in [1.29, 1.82) is 0 Å². The van der Waals surface area contributed by atoms with Crippen molar-refractivity contribution >= 4 is 15.9 Å². The number of rotatable bonds is 5. The minimum Gasteiger partial charge on any atom is -0.355 e. The van der Waals surface area contributed by atoms with Crippen LogP contribution in [0, 0.1) is 0 Å². The van der Waals surface area contributed by atoms with Crippen LogP contribution in [-0.2, 0) is 14.8 Å². The Hall–Kier alpha value is -0.620. The smallest absolute Gasteiger partial charge is 0.238 e. The number of nitrogens with zero attached hydrogens (tertiary/aromatic N) is 1. The van der Waals surface area contributed by atoms with Crippen LogP contribution < -0.4 is 5.32 Å². The Morgan fingerprint density at radius 3 is 2.71 bits per heavy atom. The molecule has 1 rings (SSSR count). The fourth-order valence-electron chi connectivity index (χ4n) is 2.07. The van der Waals surface area contributed by atoms with Crippen LogP contribution in [0.15, 0.2) is 0 Å². The molecule has 0 aromatic rings.